The lowest BCUT2D eigenvalue weighted by Crippen LogP contribution is -2.40. The highest BCUT2D eigenvalue weighted by atomic mass is 16.5. The zero-order valence-corrected chi connectivity index (χ0v) is 17.0. The van der Waals surface area contributed by atoms with Crippen molar-refractivity contribution in [3.05, 3.63) is 41.2 Å². The van der Waals surface area contributed by atoms with E-state index in [1.165, 1.54) is 30.4 Å². The van der Waals surface area contributed by atoms with Gasteiger partial charge in [-0.25, -0.2) is 0 Å². The molecule has 28 heavy (non-hydrogen) atoms. The molecular formula is C23H30N4O. The number of benzene rings is 1. The lowest BCUT2D eigenvalue weighted by molar-refractivity contribution is -0.110. The van der Waals surface area contributed by atoms with Gasteiger partial charge < -0.3 is 9.64 Å². The smallest absolute Gasteiger partial charge is 0.227 e. The Morgan fingerprint density at radius 3 is 2.57 bits per heavy atom. The zero-order chi connectivity index (χ0) is 19.6. The SMILES string of the molecule is C#CCCn1c(N(C)Cc2ccc(C3CC3)cc2)nnc1C1(OCC)CCC1. The van der Waals surface area contributed by atoms with E-state index in [-0.39, 0.29) is 5.60 Å². The van der Waals surface area contributed by atoms with Crippen molar-refractivity contribution < 1.29 is 4.74 Å². The molecule has 2 saturated carbocycles. The van der Waals surface area contributed by atoms with E-state index in [9.17, 15) is 0 Å². The van der Waals surface area contributed by atoms with E-state index in [0.717, 1.165) is 37.1 Å². The van der Waals surface area contributed by atoms with Crippen molar-refractivity contribution >= 4 is 5.95 Å². The lowest BCUT2D eigenvalue weighted by Gasteiger charge is -2.40. The highest BCUT2D eigenvalue weighted by Gasteiger charge is 2.44. The van der Waals surface area contributed by atoms with Crippen LogP contribution in [0.4, 0.5) is 5.95 Å². The van der Waals surface area contributed by atoms with Crippen molar-refractivity contribution in [1.29, 1.82) is 0 Å². The van der Waals surface area contributed by atoms with Gasteiger partial charge in [0.05, 0.1) is 0 Å². The molecule has 2 aliphatic rings. The Kier molecular flexibility index (Phi) is 5.41. The van der Waals surface area contributed by atoms with Gasteiger partial charge >= 0.3 is 0 Å². The molecule has 0 aliphatic heterocycles. The highest BCUT2D eigenvalue weighted by Crippen LogP contribution is 2.44. The van der Waals surface area contributed by atoms with E-state index in [0.29, 0.717) is 19.6 Å². The number of hydrogen-bond acceptors (Lipinski definition) is 4. The Labute approximate surface area is 168 Å². The summed E-state index contributed by atoms with van der Waals surface area (Å²) >= 11 is 0. The van der Waals surface area contributed by atoms with Crippen molar-refractivity contribution in [3.63, 3.8) is 0 Å². The van der Waals surface area contributed by atoms with Crippen LogP contribution in [0.2, 0.25) is 0 Å². The fourth-order valence-electron chi connectivity index (χ4n) is 4.16. The summed E-state index contributed by atoms with van der Waals surface area (Å²) in [6, 6.07) is 9.02. The van der Waals surface area contributed by atoms with E-state index < -0.39 is 0 Å². The summed E-state index contributed by atoms with van der Waals surface area (Å²) in [5, 5.41) is 9.11. The van der Waals surface area contributed by atoms with E-state index in [1.807, 2.05) is 6.92 Å². The molecule has 5 nitrogen and oxygen atoms in total. The average molecular weight is 379 g/mol. The van der Waals surface area contributed by atoms with Crippen molar-refractivity contribution in [2.24, 2.45) is 0 Å². The monoisotopic (exact) mass is 378 g/mol. The molecule has 0 N–H and O–H groups in total. The van der Waals surface area contributed by atoms with Crippen LogP contribution in [0, 0.1) is 12.3 Å². The van der Waals surface area contributed by atoms with Gasteiger partial charge in [0.25, 0.3) is 0 Å². The molecule has 1 heterocycles. The van der Waals surface area contributed by atoms with Crippen LogP contribution < -0.4 is 4.90 Å². The summed E-state index contributed by atoms with van der Waals surface area (Å²) in [4.78, 5) is 2.16. The van der Waals surface area contributed by atoms with Gasteiger partial charge in [0.2, 0.25) is 5.95 Å². The summed E-state index contributed by atoms with van der Waals surface area (Å²) < 4.78 is 8.31. The number of anilines is 1. The molecule has 1 aromatic heterocycles. The summed E-state index contributed by atoms with van der Waals surface area (Å²) in [6.07, 6.45) is 12.1. The van der Waals surface area contributed by atoms with Gasteiger partial charge in [0, 0.05) is 33.2 Å². The van der Waals surface area contributed by atoms with Crippen LogP contribution >= 0.6 is 0 Å². The van der Waals surface area contributed by atoms with Gasteiger partial charge in [0.15, 0.2) is 5.82 Å². The van der Waals surface area contributed by atoms with Gasteiger partial charge in [-0.2, -0.15) is 0 Å². The first-order chi connectivity index (χ1) is 13.7. The maximum Gasteiger partial charge on any atom is 0.227 e. The minimum atomic E-state index is -0.290. The number of nitrogens with zero attached hydrogens (tertiary/aromatic N) is 4. The molecular weight excluding hydrogens is 348 g/mol. The number of ether oxygens (including phenoxy) is 1. The fraction of sp³-hybridized carbons (Fsp3) is 0.565. The van der Waals surface area contributed by atoms with Gasteiger partial charge in [-0.15, -0.1) is 22.5 Å². The predicted molar refractivity (Wildman–Crippen MR) is 111 cm³/mol. The Hall–Kier alpha value is -2.32. The van der Waals surface area contributed by atoms with Crippen molar-refractivity contribution in [2.75, 3.05) is 18.6 Å². The second kappa shape index (κ2) is 7.97. The third kappa shape index (κ3) is 3.66. The molecule has 0 atom stereocenters. The molecule has 5 heteroatoms. The lowest BCUT2D eigenvalue weighted by atomic mass is 9.79. The van der Waals surface area contributed by atoms with Crippen LogP contribution in [0.25, 0.3) is 0 Å². The number of hydrogen-bond donors (Lipinski definition) is 0. The van der Waals surface area contributed by atoms with Crippen molar-refractivity contribution in [1.82, 2.24) is 14.8 Å². The minimum absolute atomic E-state index is 0.290. The molecule has 2 fully saturated rings. The molecule has 0 radical (unpaired) electrons. The minimum Gasteiger partial charge on any atom is -0.367 e. The molecule has 4 rings (SSSR count). The maximum atomic E-state index is 6.13. The molecule has 0 saturated heterocycles. The molecule has 0 spiro atoms. The summed E-state index contributed by atoms with van der Waals surface area (Å²) in [6.45, 7) is 4.23. The highest BCUT2D eigenvalue weighted by molar-refractivity contribution is 5.35. The first-order valence-corrected chi connectivity index (χ1v) is 10.5. The number of rotatable bonds is 9. The Morgan fingerprint density at radius 2 is 2.00 bits per heavy atom. The molecule has 1 aromatic carbocycles. The number of aromatic nitrogens is 3. The van der Waals surface area contributed by atoms with Crippen LogP contribution in [0.5, 0.6) is 0 Å². The Balaban J connectivity index is 1.56. The van der Waals surface area contributed by atoms with Crippen LogP contribution in [0.3, 0.4) is 0 Å². The molecule has 2 aliphatic carbocycles. The molecule has 148 valence electrons. The summed E-state index contributed by atoms with van der Waals surface area (Å²) in [7, 11) is 2.07. The third-order valence-corrected chi connectivity index (χ3v) is 5.99. The molecule has 0 amide bonds. The van der Waals surface area contributed by atoms with Gasteiger partial charge in [-0.1, -0.05) is 24.3 Å². The second-order valence-electron chi connectivity index (χ2n) is 8.08. The van der Waals surface area contributed by atoms with Gasteiger partial charge in [-0.3, -0.25) is 4.57 Å². The van der Waals surface area contributed by atoms with E-state index in [2.05, 4.69) is 56.9 Å². The fourth-order valence-corrected chi connectivity index (χ4v) is 4.16. The normalized spacial score (nSPS) is 17.8. The van der Waals surface area contributed by atoms with Crippen LogP contribution in [-0.2, 0) is 23.4 Å². The van der Waals surface area contributed by atoms with Crippen LogP contribution in [0.15, 0.2) is 24.3 Å². The second-order valence-corrected chi connectivity index (χ2v) is 8.08. The van der Waals surface area contributed by atoms with Gasteiger partial charge in [-0.05, 0) is 56.1 Å². The third-order valence-electron chi connectivity index (χ3n) is 5.99. The molecule has 2 aromatic rings. The average Bonchev–Trinajstić information content (AvgIpc) is 3.43. The first kappa shape index (κ1) is 19.0. The molecule has 0 unspecified atom stereocenters. The largest absolute Gasteiger partial charge is 0.367 e. The van der Waals surface area contributed by atoms with Crippen molar-refractivity contribution in [3.8, 4) is 12.3 Å². The zero-order valence-electron chi connectivity index (χ0n) is 17.0. The topological polar surface area (TPSA) is 43.2 Å². The van der Waals surface area contributed by atoms with E-state index in [4.69, 9.17) is 11.2 Å². The molecule has 0 bridgehead atoms. The number of terminal acetylenes is 1. The predicted octanol–water partition coefficient (Wildman–Crippen LogP) is 4.23. The Morgan fingerprint density at radius 1 is 1.25 bits per heavy atom. The standard InChI is InChI=1S/C23H30N4O/c1-4-6-16-27-21(23(28-5-2)14-7-15-23)24-25-22(27)26(3)17-18-8-10-19(11-9-18)20-12-13-20/h1,8-11,20H,5-7,12-17H2,2-3H3. The Bertz CT molecular complexity index is 840. The quantitative estimate of drug-likeness (QED) is 0.613. The first-order valence-electron chi connectivity index (χ1n) is 10.5. The van der Waals surface area contributed by atoms with Crippen LogP contribution in [-0.4, -0.2) is 28.4 Å². The van der Waals surface area contributed by atoms with E-state index in [1.54, 1.807) is 0 Å². The summed E-state index contributed by atoms with van der Waals surface area (Å²) in [5.74, 6) is 5.34. The van der Waals surface area contributed by atoms with Crippen LogP contribution in [0.1, 0.15) is 68.3 Å². The summed E-state index contributed by atoms with van der Waals surface area (Å²) in [5.41, 5.74) is 2.46. The van der Waals surface area contributed by atoms with E-state index >= 15 is 0 Å². The van der Waals surface area contributed by atoms with Gasteiger partial charge in [0.1, 0.15) is 5.60 Å². The maximum absolute atomic E-state index is 6.13. The van der Waals surface area contributed by atoms with Crippen molar-refractivity contribution in [2.45, 2.75) is 70.1 Å².